The minimum absolute atomic E-state index is 0.446. The molecule has 0 radical (unpaired) electrons. The predicted octanol–water partition coefficient (Wildman–Crippen LogP) is 3.41. The maximum absolute atomic E-state index is 6.06. The van der Waals surface area contributed by atoms with Gasteiger partial charge in [-0.2, -0.15) is 0 Å². The molecule has 0 aromatic rings. The Morgan fingerprint density at radius 1 is 1.06 bits per heavy atom. The van der Waals surface area contributed by atoms with Crippen LogP contribution in [0, 0.1) is 10.8 Å². The van der Waals surface area contributed by atoms with Crippen molar-refractivity contribution in [2.24, 2.45) is 16.6 Å². The van der Waals surface area contributed by atoms with Crippen molar-refractivity contribution in [1.82, 2.24) is 4.90 Å². The molecule has 0 spiro atoms. The summed E-state index contributed by atoms with van der Waals surface area (Å²) < 4.78 is 0. The highest BCUT2D eigenvalue weighted by atomic mass is 15.1. The molecule has 2 fully saturated rings. The molecular formula is C16H32N2. The van der Waals surface area contributed by atoms with Gasteiger partial charge in [0.05, 0.1) is 0 Å². The second-order valence-electron chi connectivity index (χ2n) is 7.72. The number of hydrogen-bond acceptors (Lipinski definition) is 2. The van der Waals surface area contributed by atoms with Gasteiger partial charge >= 0.3 is 0 Å². The standard InChI is InChI=1S/C16H32N2/c1-15(2)10-6-14(7-11-15)18(3)13-16(12-17)8-4-5-9-16/h14H,4-13,17H2,1-3H3. The highest BCUT2D eigenvalue weighted by Crippen LogP contribution is 2.40. The van der Waals surface area contributed by atoms with Crippen molar-refractivity contribution in [2.75, 3.05) is 20.1 Å². The number of hydrogen-bond donors (Lipinski definition) is 1. The van der Waals surface area contributed by atoms with Gasteiger partial charge in [0.25, 0.3) is 0 Å². The SMILES string of the molecule is CN(CC1(CN)CCCC1)C1CCC(C)(C)CC1. The van der Waals surface area contributed by atoms with Gasteiger partial charge in [-0.05, 0) is 62.9 Å². The third-order valence-corrected chi connectivity index (χ3v) is 5.61. The van der Waals surface area contributed by atoms with Crippen LogP contribution in [0.5, 0.6) is 0 Å². The molecule has 0 amide bonds. The average Bonchev–Trinajstić information content (AvgIpc) is 2.78. The summed E-state index contributed by atoms with van der Waals surface area (Å²) in [5.41, 5.74) is 7.09. The van der Waals surface area contributed by atoms with Gasteiger partial charge in [-0.3, -0.25) is 0 Å². The summed E-state index contributed by atoms with van der Waals surface area (Å²) in [5, 5.41) is 0. The molecule has 0 atom stereocenters. The Balaban J connectivity index is 1.86. The molecule has 2 rings (SSSR count). The first-order valence-electron chi connectivity index (χ1n) is 7.87. The Morgan fingerprint density at radius 2 is 1.61 bits per heavy atom. The van der Waals surface area contributed by atoms with Crippen LogP contribution in [0.2, 0.25) is 0 Å². The fourth-order valence-electron chi connectivity index (χ4n) is 4.03. The lowest BCUT2D eigenvalue weighted by Crippen LogP contribution is -2.45. The van der Waals surface area contributed by atoms with Crippen molar-refractivity contribution in [3.63, 3.8) is 0 Å². The Kier molecular flexibility index (Phi) is 4.38. The predicted molar refractivity (Wildman–Crippen MR) is 78.6 cm³/mol. The molecule has 0 unspecified atom stereocenters. The molecule has 2 nitrogen and oxygen atoms in total. The molecule has 2 N–H and O–H groups in total. The highest BCUT2D eigenvalue weighted by molar-refractivity contribution is 4.91. The Morgan fingerprint density at radius 3 is 2.11 bits per heavy atom. The van der Waals surface area contributed by atoms with E-state index in [0.29, 0.717) is 10.8 Å². The monoisotopic (exact) mass is 252 g/mol. The second kappa shape index (κ2) is 5.50. The first-order chi connectivity index (χ1) is 8.46. The number of nitrogens with two attached hydrogens (primary N) is 1. The minimum Gasteiger partial charge on any atom is -0.330 e. The third kappa shape index (κ3) is 3.27. The van der Waals surface area contributed by atoms with Crippen LogP contribution >= 0.6 is 0 Å². The normalized spacial score (nSPS) is 27.8. The second-order valence-corrected chi connectivity index (χ2v) is 7.72. The summed E-state index contributed by atoms with van der Waals surface area (Å²) >= 11 is 0. The van der Waals surface area contributed by atoms with Gasteiger partial charge in [-0.25, -0.2) is 0 Å². The minimum atomic E-state index is 0.446. The van der Waals surface area contributed by atoms with Crippen LogP contribution in [-0.4, -0.2) is 31.1 Å². The van der Waals surface area contributed by atoms with Crippen LogP contribution in [-0.2, 0) is 0 Å². The Hall–Kier alpha value is -0.0800. The van der Waals surface area contributed by atoms with E-state index in [0.717, 1.165) is 12.6 Å². The van der Waals surface area contributed by atoms with E-state index in [1.54, 1.807) is 0 Å². The van der Waals surface area contributed by atoms with Crippen LogP contribution in [0.15, 0.2) is 0 Å². The zero-order valence-electron chi connectivity index (χ0n) is 12.7. The highest BCUT2D eigenvalue weighted by Gasteiger charge is 2.36. The molecule has 106 valence electrons. The molecule has 0 aromatic carbocycles. The van der Waals surface area contributed by atoms with Gasteiger partial charge in [0.15, 0.2) is 0 Å². The van der Waals surface area contributed by atoms with E-state index in [1.165, 1.54) is 57.9 Å². The topological polar surface area (TPSA) is 29.3 Å². The summed E-state index contributed by atoms with van der Waals surface area (Å²) in [6, 6.07) is 0.807. The zero-order chi connectivity index (χ0) is 13.2. The van der Waals surface area contributed by atoms with Crippen molar-refractivity contribution in [1.29, 1.82) is 0 Å². The maximum atomic E-state index is 6.06. The van der Waals surface area contributed by atoms with Gasteiger partial charge < -0.3 is 10.6 Å². The molecule has 0 saturated heterocycles. The van der Waals surface area contributed by atoms with E-state index in [2.05, 4.69) is 25.8 Å². The molecule has 0 aliphatic heterocycles. The summed E-state index contributed by atoms with van der Waals surface area (Å²) in [5.74, 6) is 0. The molecule has 18 heavy (non-hydrogen) atoms. The largest absolute Gasteiger partial charge is 0.330 e. The summed E-state index contributed by atoms with van der Waals surface area (Å²) in [6.07, 6.45) is 11.0. The van der Waals surface area contributed by atoms with E-state index in [9.17, 15) is 0 Å². The Bertz CT molecular complexity index is 256. The van der Waals surface area contributed by atoms with Crippen molar-refractivity contribution < 1.29 is 0 Å². The quantitative estimate of drug-likeness (QED) is 0.831. The van der Waals surface area contributed by atoms with Crippen LogP contribution < -0.4 is 5.73 Å². The smallest absolute Gasteiger partial charge is 0.00928 e. The van der Waals surface area contributed by atoms with Crippen LogP contribution in [0.3, 0.4) is 0 Å². The van der Waals surface area contributed by atoms with Crippen LogP contribution in [0.4, 0.5) is 0 Å². The Labute approximate surface area is 113 Å². The van der Waals surface area contributed by atoms with Crippen LogP contribution in [0.25, 0.3) is 0 Å². The van der Waals surface area contributed by atoms with E-state index >= 15 is 0 Å². The summed E-state index contributed by atoms with van der Waals surface area (Å²) in [6.45, 7) is 6.95. The first kappa shape index (κ1) is 14.3. The molecule has 0 heterocycles. The van der Waals surface area contributed by atoms with Gasteiger partial charge in [0, 0.05) is 12.6 Å². The fourth-order valence-corrected chi connectivity index (χ4v) is 4.03. The maximum Gasteiger partial charge on any atom is 0.00928 e. The van der Waals surface area contributed by atoms with Gasteiger partial charge in [-0.15, -0.1) is 0 Å². The van der Waals surface area contributed by atoms with Crippen molar-refractivity contribution in [3.05, 3.63) is 0 Å². The van der Waals surface area contributed by atoms with Crippen molar-refractivity contribution in [2.45, 2.75) is 71.3 Å². The molecule has 0 bridgehead atoms. The van der Waals surface area contributed by atoms with Crippen molar-refractivity contribution in [3.8, 4) is 0 Å². The molecule has 2 aliphatic carbocycles. The van der Waals surface area contributed by atoms with E-state index < -0.39 is 0 Å². The lowest BCUT2D eigenvalue weighted by atomic mass is 9.75. The summed E-state index contributed by atoms with van der Waals surface area (Å²) in [7, 11) is 2.33. The third-order valence-electron chi connectivity index (χ3n) is 5.61. The van der Waals surface area contributed by atoms with E-state index in [1.807, 2.05) is 0 Å². The number of nitrogens with zero attached hydrogens (tertiary/aromatic N) is 1. The lowest BCUT2D eigenvalue weighted by Gasteiger charge is -2.42. The molecule has 2 heteroatoms. The molecular weight excluding hydrogens is 220 g/mol. The summed E-state index contributed by atoms with van der Waals surface area (Å²) in [4.78, 5) is 2.63. The van der Waals surface area contributed by atoms with Gasteiger partial charge in [0.2, 0.25) is 0 Å². The average molecular weight is 252 g/mol. The molecule has 2 aliphatic rings. The van der Waals surface area contributed by atoms with E-state index in [-0.39, 0.29) is 0 Å². The molecule has 2 saturated carbocycles. The van der Waals surface area contributed by atoms with Crippen LogP contribution in [0.1, 0.15) is 65.2 Å². The molecule has 0 aromatic heterocycles. The first-order valence-corrected chi connectivity index (χ1v) is 7.87. The zero-order valence-corrected chi connectivity index (χ0v) is 12.7. The van der Waals surface area contributed by atoms with Gasteiger partial charge in [0.1, 0.15) is 0 Å². The lowest BCUT2D eigenvalue weighted by molar-refractivity contribution is 0.0878. The number of rotatable bonds is 4. The van der Waals surface area contributed by atoms with Gasteiger partial charge in [-0.1, -0.05) is 26.7 Å². The van der Waals surface area contributed by atoms with E-state index in [4.69, 9.17) is 5.73 Å². The fraction of sp³-hybridized carbons (Fsp3) is 1.00. The van der Waals surface area contributed by atoms with Crippen molar-refractivity contribution >= 4 is 0 Å².